The standard InChI is InChI=1S/C16H23NO3/c1-18-13-8-6-12(7-9-13)17-10-14-11-19-15-4-2-3-5-16(15)20-14/h2-5,12-14,17H,6-11H2,1H3/t12?,13?,14-/m0/s1. The van der Waals surface area contributed by atoms with Crippen LogP contribution in [0.4, 0.5) is 0 Å². The highest BCUT2D eigenvalue weighted by Gasteiger charge is 2.24. The van der Waals surface area contributed by atoms with Crippen molar-refractivity contribution in [3.63, 3.8) is 0 Å². The molecule has 20 heavy (non-hydrogen) atoms. The number of methoxy groups -OCH3 is 1. The zero-order chi connectivity index (χ0) is 13.8. The smallest absolute Gasteiger partial charge is 0.161 e. The molecule has 1 saturated carbocycles. The number of hydrogen-bond acceptors (Lipinski definition) is 4. The second-order valence-electron chi connectivity index (χ2n) is 5.62. The fraction of sp³-hybridized carbons (Fsp3) is 0.625. The van der Waals surface area contributed by atoms with E-state index in [0.717, 1.165) is 30.9 Å². The Morgan fingerprint density at radius 3 is 2.65 bits per heavy atom. The second-order valence-corrected chi connectivity index (χ2v) is 5.62. The third-order valence-electron chi connectivity index (χ3n) is 4.21. The maximum Gasteiger partial charge on any atom is 0.161 e. The zero-order valence-corrected chi connectivity index (χ0v) is 12.0. The average molecular weight is 277 g/mol. The van der Waals surface area contributed by atoms with E-state index in [1.54, 1.807) is 0 Å². The van der Waals surface area contributed by atoms with Crippen LogP contribution in [0.2, 0.25) is 0 Å². The van der Waals surface area contributed by atoms with Crippen LogP contribution < -0.4 is 14.8 Å². The van der Waals surface area contributed by atoms with E-state index in [4.69, 9.17) is 14.2 Å². The fourth-order valence-corrected chi connectivity index (χ4v) is 2.96. The van der Waals surface area contributed by atoms with Gasteiger partial charge in [0.05, 0.1) is 6.10 Å². The molecule has 0 aromatic heterocycles. The number of rotatable bonds is 4. The van der Waals surface area contributed by atoms with Crippen molar-refractivity contribution in [1.82, 2.24) is 5.32 Å². The van der Waals surface area contributed by atoms with Crippen molar-refractivity contribution in [2.24, 2.45) is 0 Å². The summed E-state index contributed by atoms with van der Waals surface area (Å²) in [7, 11) is 1.81. The van der Waals surface area contributed by atoms with Gasteiger partial charge in [0.2, 0.25) is 0 Å². The molecule has 110 valence electrons. The molecule has 0 saturated heterocycles. The minimum absolute atomic E-state index is 0.102. The van der Waals surface area contributed by atoms with Gasteiger partial charge in [0, 0.05) is 19.7 Å². The summed E-state index contributed by atoms with van der Waals surface area (Å²) in [6.07, 6.45) is 5.22. The minimum atomic E-state index is 0.102. The van der Waals surface area contributed by atoms with Crippen molar-refractivity contribution in [3.8, 4) is 11.5 Å². The van der Waals surface area contributed by atoms with Gasteiger partial charge >= 0.3 is 0 Å². The molecule has 1 aliphatic heterocycles. The summed E-state index contributed by atoms with van der Waals surface area (Å²) >= 11 is 0. The van der Waals surface area contributed by atoms with Crippen LogP contribution in [-0.2, 0) is 4.74 Å². The third-order valence-corrected chi connectivity index (χ3v) is 4.21. The number of hydrogen-bond donors (Lipinski definition) is 1. The Bertz CT molecular complexity index is 429. The topological polar surface area (TPSA) is 39.7 Å². The molecule has 0 radical (unpaired) electrons. The van der Waals surface area contributed by atoms with E-state index in [-0.39, 0.29) is 6.10 Å². The monoisotopic (exact) mass is 277 g/mol. The minimum Gasteiger partial charge on any atom is -0.486 e. The Morgan fingerprint density at radius 1 is 1.15 bits per heavy atom. The normalized spacial score (nSPS) is 29.1. The third kappa shape index (κ3) is 3.25. The fourth-order valence-electron chi connectivity index (χ4n) is 2.96. The van der Waals surface area contributed by atoms with E-state index in [2.05, 4.69) is 5.32 Å². The van der Waals surface area contributed by atoms with Gasteiger partial charge in [-0.1, -0.05) is 12.1 Å². The molecular weight excluding hydrogens is 254 g/mol. The van der Waals surface area contributed by atoms with Gasteiger partial charge < -0.3 is 19.5 Å². The molecule has 0 unspecified atom stereocenters. The maximum absolute atomic E-state index is 5.95. The lowest BCUT2D eigenvalue weighted by atomic mass is 9.93. The molecule has 0 amide bonds. The van der Waals surface area contributed by atoms with E-state index in [0.29, 0.717) is 18.8 Å². The van der Waals surface area contributed by atoms with Crippen LogP contribution in [0.5, 0.6) is 11.5 Å². The Hall–Kier alpha value is -1.26. The van der Waals surface area contributed by atoms with Crippen LogP contribution in [0.15, 0.2) is 24.3 Å². The van der Waals surface area contributed by atoms with Crippen molar-refractivity contribution in [2.45, 2.75) is 43.9 Å². The van der Waals surface area contributed by atoms with Crippen LogP contribution >= 0.6 is 0 Å². The van der Waals surface area contributed by atoms with Crippen molar-refractivity contribution in [1.29, 1.82) is 0 Å². The molecule has 1 aromatic rings. The lowest BCUT2D eigenvalue weighted by molar-refractivity contribution is 0.0562. The number of para-hydroxylation sites is 2. The largest absolute Gasteiger partial charge is 0.486 e. The van der Waals surface area contributed by atoms with Crippen molar-refractivity contribution in [2.75, 3.05) is 20.3 Å². The number of ether oxygens (including phenoxy) is 3. The highest BCUT2D eigenvalue weighted by Crippen LogP contribution is 2.30. The Morgan fingerprint density at radius 2 is 1.90 bits per heavy atom. The van der Waals surface area contributed by atoms with Crippen LogP contribution in [-0.4, -0.2) is 38.5 Å². The first-order valence-electron chi connectivity index (χ1n) is 7.50. The molecule has 1 fully saturated rings. The van der Waals surface area contributed by atoms with E-state index in [1.807, 2.05) is 31.4 Å². The van der Waals surface area contributed by atoms with Gasteiger partial charge in [0.15, 0.2) is 11.5 Å². The van der Waals surface area contributed by atoms with E-state index >= 15 is 0 Å². The summed E-state index contributed by atoms with van der Waals surface area (Å²) in [4.78, 5) is 0. The molecule has 3 rings (SSSR count). The first kappa shape index (κ1) is 13.7. The molecular formula is C16H23NO3. The molecule has 4 heteroatoms. The quantitative estimate of drug-likeness (QED) is 0.917. The van der Waals surface area contributed by atoms with Gasteiger partial charge in [-0.25, -0.2) is 0 Å². The van der Waals surface area contributed by atoms with E-state index in [9.17, 15) is 0 Å². The molecule has 1 aliphatic carbocycles. The van der Waals surface area contributed by atoms with Crippen LogP contribution in [0.25, 0.3) is 0 Å². The first-order valence-corrected chi connectivity index (χ1v) is 7.50. The summed E-state index contributed by atoms with van der Waals surface area (Å²) in [5.41, 5.74) is 0. The summed E-state index contributed by atoms with van der Waals surface area (Å²) in [6, 6.07) is 8.44. The number of fused-ring (bicyclic) bond motifs is 1. The van der Waals surface area contributed by atoms with Crippen molar-refractivity contribution >= 4 is 0 Å². The van der Waals surface area contributed by atoms with Crippen molar-refractivity contribution < 1.29 is 14.2 Å². The number of benzene rings is 1. The zero-order valence-electron chi connectivity index (χ0n) is 12.0. The predicted molar refractivity (Wildman–Crippen MR) is 77.4 cm³/mol. The molecule has 1 aromatic carbocycles. The van der Waals surface area contributed by atoms with E-state index in [1.165, 1.54) is 12.8 Å². The van der Waals surface area contributed by atoms with Gasteiger partial charge in [0.25, 0.3) is 0 Å². The average Bonchev–Trinajstić information content (AvgIpc) is 2.53. The summed E-state index contributed by atoms with van der Waals surface area (Å²) < 4.78 is 17.1. The Balaban J connectivity index is 1.44. The second kappa shape index (κ2) is 6.46. The Kier molecular flexibility index (Phi) is 4.43. The van der Waals surface area contributed by atoms with Crippen LogP contribution in [0.3, 0.4) is 0 Å². The van der Waals surface area contributed by atoms with Gasteiger partial charge in [0.1, 0.15) is 12.7 Å². The lowest BCUT2D eigenvalue weighted by Crippen LogP contribution is -2.44. The van der Waals surface area contributed by atoms with E-state index < -0.39 is 0 Å². The summed E-state index contributed by atoms with van der Waals surface area (Å²) in [5, 5.41) is 3.61. The molecule has 1 atom stereocenters. The van der Waals surface area contributed by atoms with Gasteiger partial charge in [-0.15, -0.1) is 0 Å². The highest BCUT2D eigenvalue weighted by atomic mass is 16.6. The molecule has 1 heterocycles. The number of nitrogens with one attached hydrogen (secondary N) is 1. The summed E-state index contributed by atoms with van der Waals surface area (Å²) in [6.45, 7) is 1.47. The first-order chi connectivity index (χ1) is 9.85. The SMILES string of the molecule is COC1CCC(NC[C@H]2COc3ccccc3O2)CC1. The summed E-state index contributed by atoms with van der Waals surface area (Å²) in [5.74, 6) is 1.71. The van der Waals surface area contributed by atoms with Gasteiger partial charge in [-0.3, -0.25) is 0 Å². The molecule has 2 aliphatic rings. The predicted octanol–water partition coefficient (Wildman–Crippen LogP) is 2.37. The van der Waals surface area contributed by atoms with Crippen molar-refractivity contribution in [3.05, 3.63) is 24.3 Å². The van der Waals surface area contributed by atoms with Crippen LogP contribution in [0.1, 0.15) is 25.7 Å². The highest BCUT2D eigenvalue weighted by molar-refractivity contribution is 5.40. The maximum atomic E-state index is 5.95. The molecule has 4 nitrogen and oxygen atoms in total. The van der Waals surface area contributed by atoms with Gasteiger partial charge in [-0.05, 0) is 37.8 Å². The Labute approximate surface area is 120 Å². The molecule has 0 bridgehead atoms. The van der Waals surface area contributed by atoms with Gasteiger partial charge in [-0.2, -0.15) is 0 Å². The lowest BCUT2D eigenvalue weighted by Gasteiger charge is -2.31. The molecule has 0 spiro atoms. The molecule has 1 N–H and O–H groups in total. The van der Waals surface area contributed by atoms with Crippen LogP contribution in [0, 0.1) is 0 Å².